The summed E-state index contributed by atoms with van der Waals surface area (Å²) in [4.78, 5) is 10.6. The third-order valence-corrected chi connectivity index (χ3v) is 1.45. The molecule has 0 rings (SSSR count). The van der Waals surface area contributed by atoms with E-state index in [0.29, 0.717) is 0 Å². The molecule has 2 N–H and O–H groups in total. The van der Waals surface area contributed by atoms with Gasteiger partial charge >= 0.3 is 0 Å². The van der Waals surface area contributed by atoms with Gasteiger partial charge in [-0.1, -0.05) is 20.8 Å². The number of hydrogen-bond donors (Lipinski definition) is 2. The maximum Gasteiger partial charge on any atom is 0.220 e. The molecule has 1 amide bonds. The van der Waals surface area contributed by atoms with Crippen molar-refractivity contribution in [2.75, 3.05) is 0 Å². The Balaban J connectivity index is 4.45. The van der Waals surface area contributed by atoms with Crippen molar-refractivity contribution >= 4 is 12.1 Å². The molecule has 0 heterocycles. The van der Waals surface area contributed by atoms with E-state index < -0.39 is 0 Å². The zero-order chi connectivity index (χ0) is 9.78. The number of amides is 1. The second-order valence-electron chi connectivity index (χ2n) is 3.69. The van der Waals surface area contributed by atoms with Gasteiger partial charge in [-0.15, -0.1) is 0 Å². The van der Waals surface area contributed by atoms with Gasteiger partial charge in [0.1, 0.15) is 0 Å². The summed E-state index contributed by atoms with van der Waals surface area (Å²) in [5, 5.41) is 9.67. The summed E-state index contributed by atoms with van der Waals surface area (Å²) < 4.78 is 0. The van der Waals surface area contributed by atoms with E-state index in [4.69, 9.17) is 5.41 Å². The first-order valence-electron chi connectivity index (χ1n) is 3.86. The predicted octanol–water partition coefficient (Wildman–Crippen LogP) is 1.70. The van der Waals surface area contributed by atoms with Gasteiger partial charge in [-0.05, 0) is 11.0 Å². The van der Waals surface area contributed by atoms with Gasteiger partial charge in [0, 0.05) is 19.3 Å². The van der Waals surface area contributed by atoms with Crippen LogP contribution >= 0.6 is 0 Å². The molecule has 68 valence electrons. The molecule has 0 aromatic rings. The Labute approximate surface area is 73.4 Å². The zero-order valence-electron chi connectivity index (χ0n) is 8.06. The highest BCUT2D eigenvalue weighted by Gasteiger charge is 2.14. The van der Waals surface area contributed by atoms with E-state index in [9.17, 15) is 4.79 Å². The molecule has 0 aliphatic heterocycles. The molecule has 0 fully saturated rings. The van der Waals surface area contributed by atoms with E-state index in [0.717, 1.165) is 5.57 Å². The Morgan fingerprint density at radius 3 is 2.17 bits per heavy atom. The lowest BCUT2D eigenvalue weighted by Gasteiger charge is -2.18. The minimum absolute atomic E-state index is 0.0931. The van der Waals surface area contributed by atoms with Gasteiger partial charge in [0.2, 0.25) is 5.91 Å². The molecule has 0 aromatic heterocycles. The first kappa shape index (κ1) is 10.9. The summed E-state index contributed by atoms with van der Waals surface area (Å²) in [6.07, 6.45) is 2.84. The fraction of sp³-hybridized carbons (Fsp3) is 0.556. The number of nitrogens with one attached hydrogen (secondary N) is 2. The van der Waals surface area contributed by atoms with Crippen LogP contribution in [0.4, 0.5) is 0 Å². The van der Waals surface area contributed by atoms with Crippen LogP contribution in [0.15, 0.2) is 11.8 Å². The molecule has 0 atom stereocenters. The molecule has 0 aliphatic carbocycles. The largest absolute Gasteiger partial charge is 0.333 e. The molecule has 3 nitrogen and oxygen atoms in total. The summed E-state index contributed by atoms with van der Waals surface area (Å²) in [6, 6.07) is 0. The van der Waals surface area contributed by atoms with Crippen molar-refractivity contribution in [1.29, 1.82) is 5.41 Å². The third-order valence-electron chi connectivity index (χ3n) is 1.45. The molecule has 0 aromatic carbocycles. The summed E-state index contributed by atoms with van der Waals surface area (Å²) in [6.45, 7) is 7.42. The zero-order valence-corrected chi connectivity index (χ0v) is 8.06. The highest BCUT2D eigenvalue weighted by atomic mass is 16.1. The molecule has 0 saturated heterocycles. The van der Waals surface area contributed by atoms with Crippen LogP contribution in [0.3, 0.4) is 0 Å². The Hall–Kier alpha value is -1.12. The van der Waals surface area contributed by atoms with Crippen molar-refractivity contribution in [2.45, 2.75) is 27.7 Å². The van der Waals surface area contributed by atoms with Crippen LogP contribution < -0.4 is 5.32 Å². The lowest BCUT2D eigenvalue weighted by Crippen LogP contribution is -2.18. The highest BCUT2D eigenvalue weighted by molar-refractivity contribution is 5.80. The average Bonchev–Trinajstić information content (AvgIpc) is 1.85. The molecule has 0 saturated carbocycles. The molecule has 0 spiro atoms. The number of allylic oxidation sites excluding steroid dienone is 1. The molecule has 0 bridgehead atoms. The Morgan fingerprint density at radius 1 is 1.42 bits per heavy atom. The molecular weight excluding hydrogens is 152 g/mol. The highest BCUT2D eigenvalue weighted by Crippen LogP contribution is 2.22. The van der Waals surface area contributed by atoms with Gasteiger partial charge in [0.15, 0.2) is 0 Å². The number of carbonyl (C=O) groups excluding carboxylic acids is 1. The van der Waals surface area contributed by atoms with Gasteiger partial charge in [0.05, 0.1) is 0 Å². The van der Waals surface area contributed by atoms with E-state index in [2.05, 4.69) is 5.32 Å². The van der Waals surface area contributed by atoms with E-state index in [-0.39, 0.29) is 11.3 Å². The first-order valence-corrected chi connectivity index (χ1v) is 3.86. The molecule has 12 heavy (non-hydrogen) atoms. The second kappa shape index (κ2) is 4.04. The predicted molar refractivity (Wildman–Crippen MR) is 50.1 cm³/mol. The van der Waals surface area contributed by atoms with Crippen molar-refractivity contribution in [3.8, 4) is 0 Å². The van der Waals surface area contributed by atoms with Gasteiger partial charge in [-0.3, -0.25) is 4.79 Å². The average molecular weight is 168 g/mol. The van der Waals surface area contributed by atoms with Gasteiger partial charge in [0.25, 0.3) is 0 Å². The van der Waals surface area contributed by atoms with E-state index in [1.165, 1.54) is 13.1 Å². The van der Waals surface area contributed by atoms with E-state index in [1.54, 1.807) is 6.20 Å². The first-order chi connectivity index (χ1) is 5.38. The molecule has 0 radical (unpaired) electrons. The Kier molecular flexibility index (Phi) is 3.67. The maximum absolute atomic E-state index is 10.6. The van der Waals surface area contributed by atoms with Crippen LogP contribution in [-0.2, 0) is 4.79 Å². The lowest BCUT2D eigenvalue weighted by molar-refractivity contribution is -0.118. The van der Waals surface area contributed by atoms with Gasteiger partial charge < -0.3 is 10.7 Å². The number of carbonyl (C=O) groups is 1. The van der Waals surface area contributed by atoms with Crippen LogP contribution in [-0.4, -0.2) is 12.1 Å². The van der Waals surface area contributed by atoms with Crippen LogP contribution in [0, 0.1) is 10.8 Å². The number of rotatable bonds is 2. The van der Waals surface area contributed by atoms with Crippen LogP contribution in [0.5, 0.6) is 0 Å². The summed E-state index contributed by atoms with van der Waals surface area (Å²) in [5.41, 5.74) is 0.710. The Morgan fingerprint density at radius 2 is 1.92 bits per heavy atom. The lowest BCUT2D eigenvalue weighted by atomic mass is 9.88. The third kappa shape index (κ3) is 3.91. The summed E-state index contributed by atoms with van der Waals surface area (Å²) >= 11 is 0. The van der Waals surface area contributed by atoms with Crippen molar-refractivity contribution < 1.29 is 4.79 Å². The van der Waals surface area contributed by atoms with Crippen molar-refractivity contribution in [1.82, 2.24) is 5.32 Å². The standard InChI is InChI=1S/C9H16N2O/c1-7(12)11-6-8(5-10)9(2,3)4/h5-6,10H,1-4H3,(H,11,12). The maximum atomic E-state index is 10.6. The Bertz CT molecular complexity index is 211. The molecular formula is C9H16N2O. The van der Waals surface area contributed by atoms with Crippen molar-refractivity contribution in [3.63, 3.8) is 0 Å². The van der Waals surface area contributed by atoms with E-state index >= 15 is 0 Å². The SMILES string of the molecule is CC(=O)NC=C(C=N)C(C)(C)C. The second-order valence-corrected chi connectivity index (χ2v) is 3.69. The molecule has 0 unspecified atom stereocenters. The fourth-order valence-corrected chi connectivity index (χ4v) is 0.654. The van der Waals surface area contributed by atoms with Crippen molar-refractivity contribution in [2.24, 2.45) is 5.41 Å². The molecule has 0 aliphatic rings. The van der Waals surface area contributed by atoms with Gasteiger partial charge in [-0.2, -0.15) is 0 Å². The number of hydrogen-bond acceptors (Lipinski definition) is 2. The minimum atomic E-state index is -0.112. The van der Waals surface area contributed by atoms with Gasteiger partial charge in [-0.25, -0.2) is 0 Å². The normalized spacial score (nSPS) is 12.5. The summed E-state index contributed by atoms with van der Waals surface area (Å²) in [7, 11) is 0. The monoisotopic (exact) mass is 168 g/mol. The fourth-order valence-electron chi connectivity index (χ4n) is 0.654. The topological polar surface area (TPSA) is 53.0 Å². The van der Waals surface area contributed by atoms with Crippen molar-refractivity contribution in [3.05, 3.63) is 11.8 Å². The smallest absolute Gasteiger partial charge is 0.220 e. The summed E-state index contributed by atoms with van der Waals surface area (Å²) in [5.74, 6) is -0.112. The van der Waals surface area contributed by atoms with E-state index in [1.807, 2.05) is 20.8 Å². The van der Waals surface area contributed by atoms with Crippen LogP contribution in [0.1, 0.15) is 27.7 Å². The minimum Gasteiger partial charge on any atom is -0.333 e. The molecule has 3 heteroatoms. The van der Waals surface area contributed by atoms with Crippen LogP contribution in [0.2, 0.25) is 0 Å². The van der Waals surface area contributed by atoms with Crippen LogP contribution in [0.25, 0.3) is 0 Å². The quantitative estimate of drug-likeness (QED) is 0.606.